The van der Waals surface area contributed by atoms with Gasteiger partial charge in [-0.15, -0.1) is 0 Å². The molecule has 0 aromatic heterocycles. The van der Waals surface area contributed by atoms with Gasteiger partial charge in [0.25, 0.3) is 0 Å². The van der Waals surface area contributed by atoms with E-state index < -0.39 is 17.9 Å². The van der Waals surface area contributed by atoms with Crippen LogP contribution in [0, 0.1) is 11.8 Å². The van der Waals surface area contributed by atoms with Crippen molar-refractivity contribution in [3.05, 3.63) is 0 Å². The Hall–Kier alpha value is -1.10. The van der Waals surface area contributed by atoms with Crippen molar-refractivity contribution >= 4 is 11.9 Å². The minimum absolute atomic E-state index is 0.286. The van der Waals surface area contributed by atoms with Crippen molar-refractivity contribution in [1.29, 1.82) is 0 Å². The maximum atomic E-state index is 10.8. The van der Waals surface area contributed by atoms with Crippen LogP contribution in [0.1, 0.15) is 26.7 Å². The lowest BCUT2D eigenvalue weighted by atomic mass is 10.0. The Morgan fingerprint density at radius 3 is 2.19 bits per heavy atom. The first-order chi connectivity index (χ1) is 7.32. The van der Waals surface area contributed by atoms with Crippen LogP contribution >= 0.6 is 0 Å². The van der Waals surface area contributed by atoms with Crippen LogP contribution in [0.5, 0.6) is 0 Å². The van der Waals surface area contributed by atoms with Gasteiger partial charge in [0, 0.05) is 6.54 Å². The van der Waals surface area contributed by atoms with Gasteiger partial charge in [0.15, 0.2) is 0 Å². The van der Waals surface area contributed by atoms with Gasteiger partial charge in [0.05, 0.1) is 12.3 Å². The number of nitrogens with zero attached hydrogens (tertiary/aromatic N) is 1. The Balaban J connectivity index is 4.07. The number of hydrogen-bond donors (Lipinski definition) is 2. The number of rotatable bonds is 8. The average molecular weight is 231 g/mol. The Kier molecular flexibility index (Phi) is 6.72. The van der Waals surface area contributed by atoms with Crippen molar-refractivity contribution in [2.45, 2.75) is 26.7 Å². The van der Waals surface area contributed by atoms with Crippen molar-refractivity contribution in [2.24, 2.45) is 11.8 Å². The van der Waals surface area contributed by atoms with E-state index in [0.717, 1.165) is 13.0 Å². The maximum absolute atomic E-state index is 10.8. The fourth-order valence-electron chi connectivity index (χ4n) is 1.39. The van der Waals surface area contributed by atoms with Gasteiger partial charge in [-0.25, -0.2) is 0 Å². The minimum Gasteiger partial charge on any atom is -0.481 e. The SMILES string of the molecule is CC(C)CCN(C)CC(CC(=O)O)C(=O)O. The zero-order chi connectivity index (χ0) is 12.7. The summed E-state index contributed by atoms with van der Waals surface area (Å²) >= 11 is 0. The second-order valence-corrected chi connectivity index (χ2v) is 4.58. The smallest absolute Gasteiger partial charge is 0.308 e. The van der Waals surface area contributed by atoms with Crippen molar-refractivity contribution in [2.75, 3.05) is 20.1 Å². The van der Waals surface area contributed by atoms with Crippen LogP contribution in [-0.4, -0.2) is 47.2 Å². The molecule has 5 heteroatoms. The van der Waals surface area contributed by atoms with Gasteiger partial charge >= 0.3 is 11.9 Å². The fraction of sp³-hybridized carbons (Fsp3) is 0.818. The van der Waals surface area contributed by atoms with Crippen LogP contribution in [0.15, 0.2) is 0 Å². The highest BCUT2D eigenvalue weighted by molar-refractivity contribution is 5.77. The third-order valence-corrected chi connectivity index (χ3v) is 2.39. The minimum atomic E-state index is -1.07. The number of carbonyl (C=O) groups is 2. The molecule has 0 heterocycles. The Bertz CT molecular complexity index is 240. The van der Waals surface area contributed by atoms with E-state index in [9.17, 15) is 9.59 Å². The molecule has 0 saturated heterocycles. The molecule has 16 heavy (non-hydrogen) atoms. The second-order valence-electron chi connectivity index (χ2n) is 4.58. The van der Waals surface area contributed by atoms with Crippen LogP contribution in [0.25, 0.3) is 0 Å². The van der Waals surface area contributed by atoms with Crippen LogP contribution in [-0.2, 0) is 9.59 Å². The molecule has 0 radical (unpaired) electrons. The van der Waals surface area contributed by atoms with Gasteiger partial charge in [-0.2, -0.15) is 0 Å². The van der Waals surface area contributed by atoms with E-state index in [-0.39, 0.29) is 13.0 Å². The number of hydrogen-bond acceptors (Lipinski definition) is 3. The maximum Gasteiger partial charge on any atom is 0.308 e. The van der Waals surface area contributed by atoms with Gasteiger partial charge in [0.1, 0.15) is 0 Å². The van der Waals surface area contributed by atoms with Crippen molar-refractivity contribution < 1.29 is 19.8 Å². The van der Waals surface area contributed by atoms with E-state index >= 15 is 0 Å². The molecular weight excluding hydrogens is 210 g/mol. The molecule has 0 spiro atoms. The highest BCUT2D eigenvalue weighted by Gasteiger charge is 2.22. The third kappa shape index (κ3) is 7.23. The predicted octanol–water partition coefficient (Wildman–Crippen LogP) is 1.14. The first-order valence-corrected chi connectivity index (χ1v) is 5.46. The molecule has 0 aliphatic carbocycles. The predicted molar refractivity (Wildman–Crippen MR) is 60.3 cm³/mol. The van der Waals surface area contributed by atoms with Gasteiger partial charge in [-0.05, 0) is 25.9 Å². The molecule has 0 bridgehead atoms. The highest BCUT2D eigenvalue weighted by Crippen LogP contribution is 2.08. The van der Waals surface area contributed by atoms with Crippen LogP contribution < -0.4 is 0 Å². The van der Waals surface area contributed by atoms with Crippen LogP contribution in [0.2, 0.25) is 0 Å². The molecule has 0 amide bonds. The molecule has 0 aromatic carbocycles. The Labute approximate surface area is 96.1 Å². The zero-order valence-electron chi connectivity index (χ0n) is 10.1. The second kappa shape index (κ2) is 7.22. The first kappa shape index (κ1) is 14.9. The molecule has 2 N–H and O–H groups in total. The molecule has 0 fully saturated rings. The van der Waals surface area contributed by atoms with E-state index in [1.54, 1.807) is 0 Å². The van der Waals surface area contributed by atoms with Crippen molar-refractivity contribution in [3.8, 4) is 0 Å². The van der Waals surface area contributed by atoms with Crippen LogP contribution in [0.4, 0.5) is 0 Å². The fourth-order valence-corrected chi connectivity index (χ4v) is 1.39. The molecule has 5 nitrogen and oxygen atoms in total. The molecule has 0 aliphatic heterocycles. The molecule has 1 atom stereocenters. The van der Waals surface area contributed by atoms with E-state index in [1.807, 2.05) is 11.9 Å². The number of aliphatic carboxylic acids is 2. The van der Waals surface area contributed by atoms with Gasteiger partial charge in [-0.3, -0.25) is 9.59 Å². The van der Waals surface area contributed by atoms with Gasteiger partial charge in [-0.1, -0.05) is 13.8 Å². The first-order valence-electron chi connectivity index (χ1n) is 5.46. The number of carboxylic acid groups (broad SMARTS) is 2. The lowest BCUT2D eigenvalue weighted by Gasteiger charge is -2.21. The van der Waals surface area contributed by atoms with E-state index in [1.165, 1.54) is 0 Å². The molecule has 94 valence electrons. The summed E-state index contributed by atoms with van der Waals surface area (Å²) in [5.41, 5.74) is 0. The monoisotopic (exact) mass is 231 g/mol. The molecular formula is C11H21NO4. The summed E-state index contributed by atoms with van der Waals surface area (Å²) in [5, 5.41) is 17.4. The highest BCUT2D eigenvalue weighted by atomic mass is 16.4. The lowest BCUT2D eigenvalue weighted by Crippen LogP contribution is -2.32. The molecule has 0 aromatic rings. The Morgan fingerprint density at radius 2 is 1.81 bits per heavy atom. The zero-order valence-corrected chi connectivity index (χ0v) is 10.1. The molecule has 0 aliphatic rings. The number of carboxylic acids is 2. The summed E-state index contributed by atoms with van der Waals surface area (Å²) in [7, 11) is 1.82. The molecule has 1 unspecified atom stereocenters. The topological polar surface area (TPSA) is 77.8 Å². The summed E-state index contributed by atoms with van der Waals surface area (Å²) in [4.78, 5) is 23.2. The Morgan fingerprint density at radius 1 is 1.25 bits per heavy atom. The standard InChI is InChI=1S/C11H21NO4/c1-8(2)4-5-12(3)7-9(11(15)16)6-10(13)14/h8-9H,4-7H2,1-3H3,(H,13,14)(H,15,16). The summed E-state index contributed by atoms with van der Waals surface area (Å²) in [6.07, 6.45) is 0.664. The van der Waals surface area contributed by atoms with Gasteiger partial charge < -0.3 is 15.1 Å². The van der Waals surface area contributed by atoms with E-state index in [0.29, 0.717) is 5.92 Å². The molecule has 0 rings (SSSR count). The average Bonchev–Trinajstić information content (AvgIpc) is 2.12. The van der Waals surface area contributed by atoms with E-state index in [2.05, 4.69) is 13.8 Å². The summed E-state index contributed by atoms with van der Waals surface area (Å²) in [6.45, 7) is 5.27. The third-order valence-electron chi connectivity index (χ3n) is 2.39. The summed E-state index contributed by atoms with van der Waals surface area (Å²) < 4.78 is 0. The summed E-state index contributed by atoms with van der Waals surface area (Å²) in [5.74, 6) is -2.37. The van der Waals surface area contributed by atoms with Crippen molar-refractivity contribution in [1.82, 2.24) is 4.90 Å². The quantitative estimate of drug-likeness (QED) is 0.655. The van der Waals surface area contributed by atoms with E-state index in [4.69, 9.17) is 10.2 Å². The largest absolute Gasteiger partial charge is 0.481 e. The lowest BCUT2D eigenvalue weighted by molar-refractivity contribution is -0.148. The summed E-state index contributed by atoms with van der Waals surface area (Å²) in [6, 6.07) is 0. The van der Waals surface area contributed by atoms with Crippen molar-refractivity contribution in [3.63, 3.8) is 0 Å². The molecule has 0 saturated carbocycles. The normalized spacial score (nSPS) is 13.1. The van der Waals surface area contributed by atoms with Crippen LogP contribution in [0.3, 0.4) is 0 Å². The van der Waals surface area contributed by atoms with Gasteiger partial charge in [0.2, 0.25) is 0 Å².